The fraction of sp³-hybridized carbons (Fsp3) is 0.632. The Hall–Kier alpha value is -1.99. The number of carbonyl (C=O) groups excluding carboxylic acids is 1. The van der Waals surface area contributed by atoms with Gasteiger partial charge in [0, 0.05) is 63.1 Å². The number of hydrogen-bond acceptors (Lipinski definition) is 6. The maximum atomic E-state index is 12.5. The van der Waals surface area contributed by atoms with Gasteiger partial charge in [-0.05, 0) is 37.8 Å². The summed E-state index contributed by atoms with van der Waals surface area (Å²) in [6.07, 6.45) is 6.14. The molecule has 142 valence electrons. The number of Topliss-reactive ketones (excluding diaryl/α,β-unsaturated/α-hetero) is 1. The van der Waals surface area contributed by atoms with E-state index in [4.69, 9.17) is 5.73 Å². The summed E-state index contributed by atoms with van der Waals surface area (Å²) in [5, 5.41) is 9.18. The van der Waals surface area contributed by atoms with Gasteiger partial charge in [-0.25, -0.2) is 0 Å². The lowest BCUT2D eigenvalue weighted by Crippen LogP contribution is -2.51. The fourth-order valence-corrected chi connectivity index (χ4v) is 3.93. The highest BCUT2D eigenvalue weighted by Gasteiger charge is 2.39. The zero-order chi connectivity index (χ0) is 18.6. The van der Waals surface area contributed by atoms with E-state index in [1.165, 1.54) is 5.69 Å². The van der Waals surface area contributed by atoms with Crippen LogP contribution in [0.15, 0.2) is 24.5 Å². The molecule has 7 nitrogen and oxygen atoms in total. The lowest BCUT2D eigenvalue weighted by molar-refractivity contribution is -0.145. The zero-order valence-corrected chi connectivity index (χ0v) is 15.1. The molecule has 0 amide bonds. The van der Waals surface area contributed by atoms with Crippen LogP contribution in [0, 0.1) is 5.92 Å². The number of pyridine rings is 1. The normalized spacial score (nSPS) is 27.3. The minimum absolute atomic E-state index is 0.0240. The summed E-state index contributed by atoms with van der Waals surface area (Å²) in [6, 6.07) is 4.05. The van der Waals surface area contributed by atoms with Crippen LogP contribution in [0.4, 0.5) is 5.69 Å². The Morgan fingerprint density at radius 2 is 1.77 bits per heavy atom. The second kappa shape index (κ2) is 8.14. The summed E-state index contributed by atoms with van der Waals surface area (Å²) in [7, 11) is 0. The molecular weight excluding hydrogens is 332 g/mol. The molecule has 1 saturated heterocycles. The topological polar surface area (TPSA) is 99.8 Å². The van der Waals surface area contributed by atoms with E-state index >= 15 is 0 Å². The number of rotatable bonds is 6. The molecule has 1 aromatic heterocycles. The van der Waals surface area contributed by atoms with Crippen molar-refractivity contribution in [2.45, 2.75) is 37.6 Å². The quantitative estimate of drug-likeness (QED) is 0.784. The number of hydrogen-bond donors (Lipinski definition) is 2. The maximum Gasteiger partial charge on any atom is 0.323 e. The Morgan fingerprint density at radius 1 is 1.15 bits per heavy atom. The third-order valence-electron chi connectivity index (χ3n) is 5.83. The van der Waals surface area contributed by atoms with Gasteiger partial charge in [0.1, 0.15) is 11.3 Å². The average Bonchev–Trinajstić information content (AvgIpc) is 2.67. The van der Waals surface area contributed by atoms with Crippen molar-refractivity contribution in [3.8, 4) is 0 Å². The number of ketones is 1. The first-order chi connectivity index (χ1) is 12.5. The van der Waals surface area contributed by atoms with Gasteiger partial charge < -0.3 is 15.7 Å². The zero-order valence-electron chi connectivity index (χ0n) is 15.1. The number of piperazine rings is 1. The molecule has 0 spiro atoms. The minimum atomic E-state index is -1.14. The molecule has 3 rings (SSSR count). The van der Waals surface area contributed by atoms with Crippen LogP contribution in [-0.2, 0) is 9.59 Å². The highest BCUT2D eigenvalue weighted by Crippen LogP contribution is 2.31. The number of aliphatic carboxylic acids is 1. The first kappa shape index (κ1) is 18.8. The Bertz CT molecular complexity index is 621. The van der Waals surface area contributed by atoms with Gasteiger partial charge in [0.25, 0.3) is 0 Å². The molecule has 1 aliphatic heterocycles. The maximum absolute atomic E-state index is 12.5. The van der Waals surface area contributed by atoms with E-state index in [0.29, 0.717) is 32.1 Å². The van der Waals surface area contributed by atoms with Gasteiger partial charge in [0.2, 0.25) is 0 Å². The molecule has 0 unspecified atom stereocenters. The molecule has 7 heteroatoms. The number of aromatic nitrogens is 1. The van der Waals surface area contributed by atoms with Crippen molar-refractivity contribution in [1.29, 1.82) is 0 Å². The Balaban J connectivity index is 1.39. The third kappa shape index (κ3) is 4.40. The minimum Gasteiger partial charge on any atom is -0.480 e. The highest BCUT2D eigenvalue weighted by molar-refractivity contribution is 5.83. The summed E-state index contributed by atoms with van der Waals surface area (Å²) in [6.45, 7) is 4.59. The fourth-order valence-electron chi connectivity index (χ4n) is 3.93. The van der Waals surface area contributed by atoms with Gasteiger partial charge in [-0.15, -0.1) is 0 Å². The molecule has 26 heavy (non-hydrogen) atoms. The van der Waals surface area contributed by atoms with Crippen molar-refractivity contribution in [3.63, 3.8) is 0 Å². The molecule has 2 aliphatic rings. The number of carboxylic acid groups (broad SMARTS) is 1. The third-order valence-corrected chi connectivity index (χ3v) is 5.83. The first-order valence-electron chi connectivity index (χ1n) is 9.40. The van der Waals surface area contributed by atoms with Crippen molar-refractivity contribution < 1.29 is 14.7 Å². The summed E-state index contributed by atoms with van der Waals surface area (Å²) in [4.78, 5) is 32.4. The van der Waals surface area contributed by atoms with Crippen molar-refractivity contribution in [3.05, 3.63) is 24.5 Å². The van der Waals surface area contributed by atoms with Gasteiger partial charge in [-0.3, -0.25) is 19.5 Å². The van der Waals surface area contributed by atoms with Crippen LogP contribution >= 0.6 is 0 Å². The van der Waals surface area contributed by atoms with Gasteiger partial charge in [-0.1, -0.05) is 0 Å². The predicted octanol–water partition coefficient (Wildman–Crippen LogP) is 1.14. The smallest absolute Gasteiger partial charge is 0.323 e. The van der Waals surface area contributed by atoms with Crippen molar-refractivity contribution in [2.75, 3.05) is 37.6 Å². The Kier molecular flexibility index (Phi) is 5.88. The van der Waals surface area contributed by atoms with Gasteiger partial charge in [0.05, 0.1) is 0 Å². The van der Waals surface area contributed by atoms with E-state index in [9.17, 15) is 14.7 Å². The molecular formula is C19H28N4O3. The molecule has 0 atom stereocenters. The molecule has 1 aliphatic carbocycles. The van der Waals surface area contributed by atoms with Gasteiger partial charge in [0.15, 0.2) is 0 Å². The van der Waals surface area contributed by atoms with E-state index in [1.54, 1.807) is 0 Å². The molecule has 2 heterocycles. The highest BCUT2D eigenvalue weighted by atomic mass is 16.4. The standard InChI is InChI=1S/C19H28N4O3/c20-19(18(25)26)6-1-15(2-7-19)17(24)5-10-22-11-13-23(14-12-22)16-3-8-21-9-4-16/h3-4,8-9,15H,1-2,5-7,10-14,20H2,(H,25,26). The van der Waals surface area contributed by atoms with E-state index in [0.717, 1.165) is 32.7 Å². The van der Waals surface area contributed by atoms with Crippen LogP contribution in [0.3, 0.4) is 0 Å². The molecule has 3 N–H and O–H groups in total. The lowest BCUT2D eigenvalue weighted by atomic mass is 9.75. The van der Waals surface area contributed by atoms with E-state index in [-0.39, 0.29) is 11.7 Å². The molecule has 0 aromatic carbocycles. The van der Waals surface area contributed by atoms with Crippen LogP contribution < -0.4 is 10.6 Å². The number of carbonyl (C=O) groups is 2. The number of nitrogens with two attached hydrogens (primary N) is 1. The SMILES string of the molecule is NC1(C(=O)O)CCC(C(=O)CCN2CCN(c3ccncc3)CC2)CC1. The van der Waals surface area contributed by atoms with Crippen LogP contribution in [0.2, 0.25) is 0 Å². The molecule has 1 saturated carbocycles. The summed E-state index contributed by atoms with van der Waals surface area (Å²) < 4.78 is 0. The number of anilines is 1. The number of carboxylic acids is 1. The van der Waals surface area contributed by atoms with Gasteiger partial charge in [-0.2, -0.15) is 0 Å². The van der Waals surface area contributed by atoms with Crippen molar-refractivity contribution >= 4 is 17.4 Å². The second-order valence-electron chi connectivity index (χ2n) is 7.49. The first-order valence-corrected chi connectivity index (χ1v) is 9.40. The van der Waals surface area contributed by atoms with E-state index < -0.39 is 11.5 Å². The second-order valence-corrected chi connectivity index (χ2v) is 7.49. The summed E-state index contributed by atoms with van der Waals surface area (Å²) >= 11 is 0. The lowest BCUT2D eigenvalue weighted by Gasteiger charge is -2.36. The predicted molar refractivity (Wildman–Crippen MR) is 99.0 cm³/mol. The molecule has 1 aromatic rings. The van der Waals surface area contributed by atoms with Crippen LogP contribution in [0.5, 0.6) is 0 Å². The molecule has 2 fully saturated rings. The van der Waals surface area contributed by atoms with Crippen LogP contribution in [-0.4, -0.2) is 65.0 Å². The van der Waals surface area contributed by atoms with Crippen molar-refractivity contribution in [1.82, 2.24) is 9.88 Å². The summed E-state index contributed by atoms with van der Waals surface area (Å²) in [5.74, 6) is -0.714. The number of nitrogens with zero attached hydrogens (tertiary/aromatic N) is 3. The van der Waals surface area contributed by atoms with Crippen LogP contribution in [0.1, 0.15) is 32.1 Å². The van der Waals surface area contributed by atoms with Crippen LogP contribution in [0.25, 0.3) is 0 Å². The largest absolute Gasteiger partial charge is 0.480 e. The Morgan fingerprint density at radius 3 is 2.35 bits per heavy atom. The van der Waals surface area contributed by atoms with E-state index in [1.807, 2.05) is 24.5 Å². The molecule has 0 radical (unpaired) electrons. The summed E-state index contributed by atoms with van der Waals surface area (Å²) in [5.41, 5.74) is 5.95. The monoisotopic (exact) mass is 360 g/mol. The van der Waals surface area contributed by atoms with Crippen molar-refractivity contribution in [2.24, 2.45) is 11.7 Å². The molecule has 0 bridgehead atoms. The Labute approximate surface area is 154 Å². The van der Waals surface area contributed by atoms with E-state index in [2.05, 4.69) is 14.8 Å². The van der Waals surface area contributed by atoms with Gasteiger partial charge >= 0.3 is 5.97 Å². The average molecular weight is 360 g/mol.